The molecule has 0 amide bonds. The Morgan fingerprint density at radius 1 is 1.31 bits per heavy atom. The number of hydrogen-bond donors (Lipinski definition) is 2. The normalized spacial score (nSPS) is 27.6. The summed E-state index contributed by atoms with van der Waals surface area (Å²) in [6.45, 7) is 5.36. The molecule has 2 rings (SSSR count). The van der Waals surface area contributed by atoms with Crippen molar-refractivity contribution >= 4 is 23.4 Å². The highest BCUT2D eigenvalue weighted by molar-refractivity contribution is 6.18. The first-order valence-electron chi connectivity index (χ1n) is 11.6. The van der Waals surface area contributed by atoms with Crippen LogP contribution in [0, 0.1) is 0 Å². The number of ether oxygens (including phenoxy) is 2. The lowest BCUT2D eigenvalue weighted by atomic mass is 9.98. The SMILES string of the molecule is C=C1N=C(N)C=CN1[C@@H]1O[C@@](CO)(CCl)[C@@H](OC(=O)CCCCCCCCCCC)[C@H]1F. The van der Waals surface area contributed by atoms with Gasteiger partial charge in [-0.3, -0.25) is 4.79 Å². The summed E-state index contributed by atoms with van der Waals surface area (Å²) in [5.74, 6) is -0.357. The Morgan fingerprint density at radius 3 is 2.50 bits per heavy atom. The van der Waals surface area contributed by atoms with Crippen LogP contribution in [0.4, 0.5) is 4.39 Å². The van der Waals surface area contributed by atoms with E-state index in [1.807, 2.05) is 0 Å². The Bertz CT molecular complexity index is 684. The van der Waals surface area contributed by atoms with Crippen LogP contribution in [0.1, 0.15) is 71.1 Å². The molecule has 0 aromatic heterocycles. The fourth-order valence-corrected chi connectivity index (χ4v) is 4.27. The number of aliphatic imine (C=N–C) groups is 1. The first kappa shape index (κ1) is 26.6. The van der Waals surface area contributed by atoms with E-state index in [-0.39, 0.29) is 24.0 Å². The third-order valence-corrected chi connectivity index (χ3v) is 6.36. The first-order chi connectivity index (χ1) is 15.4. The zero-order chi connectivity index (χ0) is 23.6. The molecule has 4 atom stereocenters. The van der Waals surface area contributed by atoms with E-state index in [2.05, 4.69) is 18.5 Å². The Hall–Kier alpha value is -1.64. The number of unbranched alkanes of at least 4 members (excludes halogenated alkanes) is 8. The number of aliphatic hydroxyl groups is 1. The van der Waals surface area contributed by atoms with E-state index in [0.29, 0.717) is 6.42 Å². The van der Waals surface area contributed by atoms with Gasteiger partial charge in [0.15, 0.2) is 18.5 Å². The van der Waals surface area contributed by atoms with Crippen molar-refractivity contribution in [1.82, 2.24) is 4.90 Å². The Morgan fingerprint density at radius 2 is 1.94 bits per heavy atom. The average Bonchev–Trinajstić information content (AvgIpc) is 3.04. The predicted molar refractivity (Wildman–Crippen MR) is 124 cm³/mol. The van der Waals surface area contributed by atoms with Crippen LogP contribution in [0.3, 0.4) is 0 Å². The molecule has 0 bridgehead atoms. The molecule has 32 heavy (non-hydrogen) atoms. The van der Waals surface area contributed by atoms with Gasteiger partial charge in [0.1, 0.15) is 17.3 Å². The largest absolute Gasteiger partial charge is 0.456 e. The molecular formula is C23H37ClFN3O4. The highest BCUT2D eigenvalue weighted by atomic mass is 35.5. The van der Waals surface area contributed by atoms with Crippen LogP contribution >= 0.6 is 11.6 Å². The molecule has 0 spiro atoms. The molecule has 3 N–H and O–H groups in total. The number of nitrogens with zero attached hydrogens (tertiary/aromatic N) is 2. The number of nitrogens with two attached hydrogens (primary N) is 1. The second-order valence-corrected chi connectivity index (χ2v) is 8.74. The molecule has 2 heterocycles. The highest BCUT2D eigenvalue weighted by Gasteiger charge is 2.59. The van der Waals surface area contributed by atoms with Crippen molar-refractivity contribution < 1.29 is 23.8 Å². The lowest BCUT2D eigenvalue weighted by Gasteiger charge is -2.31. The van der Waals surface area contributed by atoms with Crippen LogP contribution in [0.25, 0.3) is 0 Å². The van der Waals surface area contributed by atoms with E-state index in [1.165, 1.54) is 49.3 Å². The van der Waals surface area contributed by atoms with Gasteiger partial charge in [-0.25, -0.2) is 9.38 Å². The molecule has 0 aliphatic carbocycles. The van der Waals surface area contributed by atoms with Gasteiger partial charge < -0.3 is 25.2 Å². The van der Waals surface area contributed by atoms with Gasteiger partial charge in [-0.2, -0.15) is 0 Å². The number of halogens is 2. The van der Waals surface area contributed by atoms with E-state index in [4.69, 9.17) is 26.8 Å². The fraction of sp³-hybridized carbons (Fsp3) is 0.739. The number of aliphatic hydroxyl groups excluding tert-OH is 1. The molecular weight excluding hydrogens is 437 g/mol. The van der Waals surface area contributed by atoms with Crippen molar-refractivity contribution in [2.45, 2.75) is 95.2 Å². The van der Waals surface area contributed by atoms with Crippen LogP contribution in [-0.2, 0) is 14.3 Å². The van der Waals surface area contributed by atoms with E-state index in [1.54, 1.807) is 0 Å². The summed E-state index contributed by atoms with van der Waals surface area (Å²) in [6.07, 6.45) is 8.95. The minimum absolute atomic E-state index is 0.181. The molecule has 0 radical (unpaired) electrons. The highest BCUT2D eigenvalue weighted by Crippen LogP contribution is 2.39. The van der Waals surface area contributed by atoms with Crippen molar-refractivity contribution in [3.8, 4) is 0 Å². The Balaban J connectivity index is 1.85. The number of esters is 1. The number of amidine groups is 1. The van der Waals surface area contributed by atoms with Crippen LogP contribution < -0.4 is 5.73 Å². The standard InChI is InChI=1S/C23H37ClFN3O4/c1-3-4-5-6-7-8-9-10-11-12-19(30)31-21-20(25)22(32-23(21,15-24)16-29)28-14-13-18(26)27-17(28)2/h13-14,20-22,29H,2-12,15-16H2,1H3,(H2,26,27)/t20-,21+,22-,23-/m1/s1. The molecule has 2 aliphatic rings. The van der Waals surface area contributed by atoms with Gasteiger partial charge in [-0.15, -0.1) is 11.6 Å². The Labute approximate surface area is 195 Å². The van der Waals surface area contributed by atoms with E-state index < -0.39 is 36.7 Å². The van der Waals surface area contributed by atoms with Crippen molar-refractivity contribution in [1.29, 1.82) is 0 Å². The number of carbonyl (C=O) groups excluding carboxylic acids is 1. The molecule has 9 heteroatoms. The van der Waals surface area contributed by atoms with Crippen molar-refractivity contribution in [3.05, 3.63) is 24.7 Å². The summed E-state index contributed by atoms with van der Waals surface area (Å²) >= 11 is 6.03. The van der Waals surface area contributed by atoms with Gasteiger partial charge >= 0.3 is 5.97 Å². The molecule has 0 aromatic rings. The second kappa shape index (κ2) is 13.2. The van der Waals surface area contributed by atoms with Gasteiger partial charge in [0.25, 0.3) is 0 Å². The summed E-state index contributed by atoms with van der Waals surface area (Å²) in [5.41, 5.74) is 4.08. The predicted octanol–water partition coefficient (Wildman–Crippen LogP) is 4.14. The monoisotopic (exact) mass is 473 g/mol. The lowest BCUT2D eigenvalue weighted by Crippen LogP contribution is -2.49. The quantitative estimate of drug-likeness (QED) is 0.223. The summed E-state index contributed by atoms with van der Waals surface area (Å²) in [6, 6.07) is 0. The molecule has 1 saturated heterocycles. The van der Waals surface area contributed by atoms with E-state index in [0.717, 1.165) is 19.3 Å². The minimum atomic E-state index is -1.76. The molecule has 1 fully saturated rings. The molecule has 0 saturated carbocycles. The maximum Gasteiger partial charge on any atom is 0.306 e. The molecule has 0 unspecified atom stereocenters. The van der Waals surface area contributed by atoms with E-state index >= 15 is 4.39 Å². The van der Waals surface area contributed by atoms with Gasteiger partial charge in [0, 0.05) is 12.6 Å². The minimum Gasteiger partial charge on any atom is -0.456 e. The second-order valence-electron chi connectivity index (χ2n) is 8.47. The average molecular weight is 474 g/mol. The smallest absolute Gasteiger partial charge is 0.306 e. The van der Waals surface area contributed by atoms with Gasteiger partial charge in [0.2, 0.25) is 0 Å². The topological polar surface area (TPSA) is 97.4 Å². The zero-order valence-corrected chi connectivity index (χ0v) is 19.7. The van der Waals surface area contributed by atoms with Crippen LogP contribution in [-0.4, -0.2) is 58.4 Å². The zero-order valence-electron chi connectivity index (χ0n) is 19.0. The van der Waals surface area contributed by atoms with E-state index in [9.17, 15) is 9.90 Å². The van der Waals surface area contributed by atoms with Crippen LogP contribution in [0.5, 0.6) is 0 Å². The van der Waals surface area contributed by atoms with Gasteiger partial charge in [-0.1, -0.05) is 64.9 Å². The summed E-state index contributed by atoms with van der Waals surface area (Å²) in [5, 5.41) is 9.92. The first-order valence-corrected chi connectivity index (χ1v) is 12.1. The van der Waals surface area contributed by atoms with Crippen LogP contribution in [0.2, 0.25) is 0 Å². The molecule has 182 valence electrons. The van der Waals surface area contributed by atoms with Crippen molar-refractivity contribution in [2.24, 2.45) is 10.7 Å². The number of hydrogen-bond acceptors (Lipinski definition) is 7. The molecule has 7 nitrogen and oxygen atoms in total. The van der Waals surface area contributed by atoms with Gasteiger partial charge in [0.05, 0.1) is 12.5 Å². The lowest BCUT2D eigenvalue weighted by molar-refractivity contribution is -0.165. The number of rotatable bonds is 14. The van der Waals surface area contributed by atoms with Gasteiger partial charge in [-0.05, 0) is 12.5 Å². The number of alkyl halides is 2. The van der Waals surface area contributed by atoms with Crippen LogP contribution in [0.15, 0.2) is 29.7 Å². The third-order valence-electron chi connectivity index (χ3n) is 5.91. The number of carbonyl (C=O) groups is 1. The molecule has 0 aromatic carbocycles. The van der Waals surface area contributed by atoms with Crippen molar-refractivity contribution in [2.75, 3.05) is 12.5 Å². The maximum absolute atomic E-state index is 15.4. The fourth-order valence-electron chi connectivity index (χ4n) is 3.97. The maximum atomic E-state index is 15.4. The third kappa shape index (κ3) is 6.93. The summed E-state index contributed by atoms with van der Waals surface area (Å²) in [7, 11) is 0. The summed E-state index contributed by atoms with van der Waals surface area (Å²) < 4.78 is 26.6. The molecule has 2 aliphatic heterocycles. The van der Waals surface area contributed by atoms with Crippen molar-refractivity contribution in [3.63, 3.8) is 0 Å². The summed E-state index contributed by atoms with van der Waals surface area (Å²) in [4.78, 5) is 17.8. The Kier molecular flexibility index (Phi) is 10.9.